The summed E-state index contributed by atoms with van der Waals surface area (Å²) in [5.41, 5.74) is 0. The Bertz CT molecular complexity index is 203. The van der Waals surface area contributed by atoms with Crippen molar-refractivity contribution in [3.8, 4) is 0 Å². The first-order chi connectivity index (χ1) is 6.47. The van der Waals surface area contributed by atoms with Gasteiger partial charge in [0, 0.05) is 7.11 Å². The van der Waals surface area contributed by atoms with Crippen molar-refractivity contribution in [3.63, 3.8) is 0 Å². The van der Waals surface area contributed by atoms with E-state index >= 15 is 0 Å². The van der Waals surface area contributed by atoms with E-state index < -0.39 is 17.9 Å². The Morgan fingerprint density at radius 3 is 2.36 bits per heavy atom. The first-order valence-corrected chi connectivity index (χ1v) is 4.48. The minimum Gasteiger partial charge on any atom is -0.480 e. The van der Waals surface area contributed by atoms with E-state index in [-0.39, 0.29) is 12.5 Å². The molecule has 0 aromatic rings. The fourth-order valence-electron chi connectivity index (χ4n) is 1.06. The normalized spacial score (nSPS) is 12.6. The molecule has 0 unspecified atom stereocenters. The summed E-state index contributed by atoms with van der Waals surface area (Å²) in [7, 11) is 1.39. The van der Waals surface area contributed by atoms with E-state index in [2.05, 4.69) is 10.1 Å². The molecule has 1 amide bonds. The van der Waals surface area contributed by atoms with Gasteiger partial charge in [0.05, 0.1) is 0 Å². The fourth-order valence-corrected chi connectivity index (χ4v) is 1.06. The van der Waals surface area contributed by atoms with Crippen molar-refractivity contribution >= 4 is 11.9 Å². The zero-order valence-corrected chi connectivity index (χ0v) is 8.74. The number of aliphatic carboxylic acids is 1. The highest BCUT2D eigenvalue weighted by Crippen LogP contribution is 2.04. The Kier molecular flexibility index (Phi) is 5.87. The van der Waals surface area contributed by atoms with Crippen molar-refractivity contribution < 1.29 is 19.4 Å². The second-order valence-corrected chi connectivity index (χ2v) is 3.52. The van der Waals surface area contributed by atoms with Crippen LogP contribution in [0.15, 0.2) is 0 Å². The molecule has 0 aromatic carbocycles. The van der Waals surface area contributed by atoms with Crippen LogP contribution in [0.4, 0.5) is 0 Å². The molecule has 0 aliphatic carbocycles. The third-order valence-electron chi connectivity index (χ3n) is 1.62. The van der Waals surface area contributed by atoms with E-state index in [9.17, 15) is 9.59 Å². The molecule has 82 valence electrons. The van der Waals surface area contributed by atoms with Gasteiger partial charge >= 0.3 is 5.97 Å². The minimum absolute atomic E-state index is 0.109. The third kappa shape index (κ3) is 5.53. The topological polar surface area (TPSA) is 75.6 Å². The van der Waals surface area contributed by atoms with Crippen LogP contribution in [0.2, 0.25) is 0 Å². The summed E-state index contributed by atoms with van der Waals surface area (Å²) in [5.74, 6) is -1.19. The van der Waals surface area contributed by atoms with Crippen LogP contribution in [0.5, 0.6) is 0 Å². The summed E-state index contributed by atoms with van der Waals surface area (Å²) in [6.45, 7) is 3.69. The number of methoxy groups -OCH3 is 1. The summed E-state index contributed by atoms with van der Waals surface area (Å²) in [4.78, 5) is 21.8. The van der Waals surface area contributed by atoms with E-state index in [1.165, 1.54) is 7.11 Å². The lowest BCUT2D eigenvalue weighted by atomic mass is 10.0. The number of hydrogen-bond acceptors (Lipinski definition) is 3. The number of carbonyl (C=O) groups is 2. The smallest absolute Gasteiger partial charge is 0.326 e. The molecule has 0 radical (unpaired) electrons. The zero-order chi connectivity index (χ0) is 11.1. The van der Waals surface area contributed by atoms with Crippen LogP contribution in [0.3, 0.4) is 0 Å². The Labute approximate surface area is 83.4 Å². The van der Waals surface area contributed by atoms with Gasteiger partial charge in [0.1, 0.15) is 12.6 Å². The fraction of sp³-hybridized carbons (Fsp3) is 0.778. The molecule has 0 saturated carbocycles. The molecule has 5 nitrogen and oxygen atoms in total. The molecule has 1 atom stereocenters. The van der Waals surface area contributed by atoms with Crippen molar-refractivity contribution in [2.24, 2.45) is 5.92 Å². The van der Waals surface area contributed by atoms with Gasteiger partial charge in [-0.05, 0) is 12.3 Å². The van der Waals surface area contributed by atoms with Crippen LogP contribution in [0, 0.1) is 5.92 Å². The predicted octanol–water partition coefficient (Wildman–Crippen LogP) is 0.248. The molecule has 0 aliphatic heterocycles. The Hall–Kier alpha value is -1.10. The second-order valence-electron chi connectivity index (χ2n) is 3.52. The van der Waals surface area contributed by atoms with Gasteiger partial charge in [0.15, 0.2) is 0 Å². The van der Waals surface area contributed by atoms with Crippen molar-refractivity contribution in [1.29, 1.82) is 0 Å². The number of rotatable bonds is 6. The van der Waals surface area contributed by atoms with Gasteiger partial charge in [-0.1, -0.05) is 13.8 Å². The third-order valence-corrected chi connectivity index (χ3v) is 1.62. The molecule has 0 heterocycles. The molecular weight excluding hydrogens is 186 g/mol. The van der Waals surface area contributed by atoms with Crippen LogP contribution in [0.1, 0.15) is 20.3 Å². The number of amides is 1. The van der Waals surface area contributed by atoms with Gasteiger partial charge < -0.3 is 15.2 Å². The number of carboxylic acids is 1. The van der Waals surface area contributed by atoms with Gasteiger partial charge in [0.2, 0.25) is 5.91 Å². The summed E-state index contributed by atoms with van der Waals surface area (Å²) >= 11 is 0. The lowest BCUT2D eigenvalue weighted by molar-refractivity contribution is -0.142. The van der Waals surface area contributed by atoms with E-state index in [0.717, 1.165) is 0 Å². The molecular formula is C9H17NO4. The summed E-state index contributed by atoms with van der Waals surface area (Å²) in [5, 5.41) is 11.2. The van der Waals surface area contributed by atoms with E-state index in [1.807, 2.05) is 13.8 Å². The van der Waals surface area contributed by atoms with Gasteiger partial charge in [0.25, 0.3) is 0 Å². The van der Waals surface area contributed by atoms with Crippen LogP contribution in [-0.4, -0.2) is 36.7 Å². The van der Waals surface area contributed by atoms with Crippen LogP contribution in [-0.2, 0) is 14.3 Å². The van der Waals surface area contributed by atoms with Gasteiger partial charge in [-0.15, -0.1) is 0 Å². The number of nitrogens with one attached hydrogen (secondary N) is 1. The van der Waals surface area contributed by atoms with Crippen molar-refractivity contribution in [1.82, 2.24) is 5.32 Å². The first kappa shape index (κ1) is 12.9. The van der Waals surface area contributed by atoms with Crippen molar-refractivity contribution in [2.75, 3.05) is 13.7 Å². The predicted molar refractivity (Wildman–Crippen MR) is 50.9 cm³/mol. The minimum atomic E-state index is -1.01. The molecule has 0 aliphatic rings. The molecule has 0 rings (SSSR count). The molecule has 5 heteroatoms. The maximum Gasteiger partial charge on any atom is 0.326 e. The highest BCUT2D eigenvalue weighted by Gasteiger charge is 2.20. The van der Waals surface area contributed by atoms with E-state index in [4.69, 9.17) is 5.11 Å². The molecule has 0 fully saturated rings. The lowest BCUT2D eigenvalue weighted by Crippen LogP contribution is -2.43. The standard InChI is InChI=1S/C9H17NO4/c1-6(2)4-7(9(12)13)10-8(11)5-14-3/h6-7H,4-5H2,1-3H3,(H,10,11)(H,12,13)/t7-/m0/s1. The van der Waals surface area contributed by atoms with Crippen molar-refractivity contribution in [3.05, 3.63) is 0 Å². The number of ether oxygens (including phenoxy) is 1. The number of carboxylic acid groups (broad SMARTS) is 1. The van der Waals surface area contributed by atoms with E-state index in [0.29, 0.717) is 6.42 Å². The second kappa shape index (κ2) is 6.37. The zero-order valence-electron chi connectivity index (χ0n) is 8.74. The molecule has 14 heavy (non-hydrogen) atoms. The van der Waals surface area contributed by atoms with Crippen molar-refractivity contribution in [2.45, 2.75) is 26.3 Å². The highest BCUT2D eigenvalue weighted by atomic mass is 16.5. The van der Waals surface area contributed by atoms with Crippen LogP contribution >= 0.6 is 0 Å². The SMILES string of the molecule is COCC(=O)N[C@@H](CC(C)C)C(=O)O. The summed E-state index contributed by atoms with van der Waals surface area (Å²) in [6.07, 6.45) is 0.421. The van der Waals surface area contributed by atoms with Crippen LogP contribution < -0.4 is 5.32 Å². The highest BCUT2D eigenvalue weighted by molar-refractivity contribution is 5.84. The van der Waals surface area contributed by atoms with Gasteiger partial charge in [-0.25, -0.2) is 4.79 Å². The molecule has 0 aromatic heterocycles. The molecule has 0 saturated heterocycles. The first-order valence-electron chi connectivity index (χ1n) is 4.48. The monoisotopic (exact) mass is 203 g/mol. The van der Waals surface area contributed by atoms with Crippen LogP contribution in [0.25, 0.3) is 0 Å². The molecule has 2 N–H and O–H groups in total. The Morgan fingerprint density at radius 1 is 1.43 bits per heavy atom. The van der Waals surface area contributed by atoms with Gasteiger partial charge in [-0.2, -0.15) is 0 Å². The lowest BCUT2D eigenvalue weighted by Gasteiger charge is -2.15. The maximum atomic E-state index is 11.0. The quantitative estimate of drug-likeness (QED) is 0.648. The Morgan fingerprint density at radius 2 is 2.00 bits per heavy atom. The molecule has 0 bridgehead atoms. The largest absolute Gasteiger partial charge is 0.480 e. The average Bonchev–Trinajstić information content (AvgIpc) is 2.02. The Balaban J connectivity index is 4.09. The average molecular weight is 203 g/mol. The summed E-state index contributed by atoms with van der Waals surface area (Å²) < 4.78 is 4.58. The number of hydrogen-bond donors (Lipinski definition) is 2. The summed E-state index contributed by atoms with van der Waals surface area (Å²) in [6, 6.07) is -0.822. The van der Waals surface area contributed by atoms with E-state index in [1.54, 1.807) is 0 Å². The van der Waals surface area contributed by atoms with Gasteiger partial charge in [-0.3, -0.25) is 4.79 Å². The maximum absolute atomic E-state index is 11.0. The number of carbonyl (C=O) groups excluding carboxylic acids is 1. The molecule has 0 spiro atoms.